The van der Waals surface area contributed by atoms with Gasteiger partial charge in [0, 0.05) is 57.2 Å². The first kappa shape index (κ1) is 20.9. The van der Waals surface area contributed by atoms with E-state index in [0.717, 1.165) is 23.4 Å². The minimum absolute atomic E-state index is 0.00930. The standard InChI is InChI=1S/C23H30N4O2/c1-4-18-7-5-6-8-21(18)24-22(28)17-26-13-15-27(16-14-26)23(29)19-9-11-20(12-10-19)25(2)3/h5-12H,4,13-17H2,1-3H3,(H,24,28). The molecule has 2 aromatic rings. The highest BCUT2D eigenvalue weighted by molar-refractivity contribution is 5.95. The summed E-state index contributed by atoms with van der Waals surface area (Å²) in [5.74, 6) is 0.0428. The third-order valence-corrected chi connectivity index (χ3v) is 5.33. The van der Waals surface area contributed by atoms with Crippen LogP contribution in [0.5, 0.6) is 0 Å². The summed E-state index contributed by atoms with van der Waals surface area (Å²) < 4.78 is 0. The van der Waals surface area contributed by atoms with Gasteiger partial charge in [0.05, 0.1) is 6.54 Å². The molecule has 0 atom stereocenters. The smallest absolute Gasteiger partial charge is 0.253 e. The molecule has 0 saturated carbocycles. The van der Waals surface area contributed by atoms with Crippen molar-refractivity contribution in [3.8, 4) is 0 Å². The lowest BCUT2D eigenvalue weighted by atomic mass is 10.1. The zero-order valence-electron chi connectivity index (χ0n) is 17.5. The number of anilines is 2. The SMILES string of the molecule is CCc1ccccc1NC(=O)CN1CCN(C(=O)c2ccc(N(C)C)cc2)CC1. The van der Waals surface area contributed by atoms with Crippen LogP contribution in [0.3, 0.4) is 0 Å². The van der Waals surface area contributed by atoms with E-state index in [9.17, 15) is 9.59 Å². The highest BCUT2D eigenvalue weighted by atomic mass is 16.2. The van der Waals surface area contributed by atoms with Gasteiger partial charge in [0.2, 0.25) is 5.91 Å². The predicted molar refractivity (Wildman–Crippen MR) is 118 cm³/mol. The molecule has 2 amide bonds. The maximum Gasteiger partial charge on any atom is 0.253 e. The van der Waals surface area contributed by atoms with Crippen LogP contribution in [0.25, 0.3) is 0 Å². The summed E-state index contributed by atoms with van der Waals surface area (Å²) in [6, 6.07) is 15.6. The van der Waals surface area contributed by atoms with Crippen LogP contribution in [0.4, 0.5) is 11.4 Å². The second kappa shape index (κ2) is 9.56. The first-order valence-electron chi connectivity index (χ1n) is 10.1. The number of carbonyl (C=O) groups is 2. The van der Waals surface area contributed by atoms with Gasteiger partial charge >= 0.3 is 0 Å². The van der Waals surface area contributed by atoms with Crippen molar-refractivity contribution < 1.29 is 9.59 Å². The second-order valence-corrected chi connectivity index (χ2v) is 7.57. The summed E-state index contributed by atoms with van der Waals surface area (Å²) in [6.45, 7) is 5.09. The van der Waals surface area contributed by atoms with E-state index < -0.39 is 0 Å². The number of rotatable bonds is 6. The number of carbonyl (C=O) groups excluding carboxylic acids is 2. The number of hydrogen-bond donors (Lipinski definition) is 1. The Balaban J connectivity index is 1.49. The highest BCUT2D eigenvalue weighted by Crippen LogP contribution is 2.17. The Labute approximate surface area is 173 Å². The minimum atomic E-state index is -0.00930. The predicted octanol–water partition coefficient (Wildman–Crippen LogP) is 2.71. The molecule has 0 radical (unpaired) electrons. The number of hydrogen-bond acceptors (Lipinski definition) is 4. The summed E-state index contributed by atoms with van der Waals surface area (Å²) in [4.78, 5) is 31.1. The van der Waals surface area contributed by atoms with Crippen LogP contribution >= 0.6 is 0 Å². The molecule has 1 N–H and O–H groups in total. The number of para-hydroxylation sites is 1. The van der Waals surface area contributed by atoms with Crippen molar-refractivity contribution in [2.45, 2.75) is 13.3 Å². The normalized spacial score (nSPS) is 14.5. The van der Waals surface area contributed by atoms with Crippen LogP contribution in [0, 0.1) is 0 Å². The number of benzene rings is 2. The quantitative estimate of drug-likeness (QED) is 0.819. The molecule has 2 aromatic carbocycles. The monoisotopic (exact) mass is 394 g/mol. The van der Waals surface area contributed by atoms with E-state index in [2.05, 4.69) is 17.1 Å². The van der Waals surface area contributed by atoms with E-state index in [1.807, 2.05) is 72.4 Å². The molecule has 1 heterocycles. The molecule has 6 heteroatoms. The van der Waals surface area contributed by atoms with E-state index in [-0.39, 0.29) is 11.8 Å². The van der Waals surface area contributed by atoms with Crippen molar-refractivity contribution in [3.05, 3.63) is 59.7 Å². The lowest BCUT2D eigenvalue weighted by Crippen LogP contribution is -2.50. The van der Waals surface area contributed by atoms with E-state index >= 15 is 0 Å². The van der Waals surface area contributed by atoms with E-state index in [1.54, 1.807) is 0 Å². The van der Waals surface area contributed by atoms with Gasteiger partial charge < -0.3 is 15.1 Å². The zero-order valence-corrected chi connectivity index (χ0v) is 17.5. The Bertz CT molecular complexity index is 840. The Morgan fingerprint density at radius 1 is 0.966 bits per heavy atom. The van der Waals surface area contributed by atoms with Crippen molar-refractivity contribution in [1.29, 1.82) is 0 Å². The third-order valence-electron chi connectivity index (χ3n) is 5.33. The Hall–Kier alpha value is -2.86. The molecule has 0 unspecified atom stereocenters. The maximum atomic E-state index is 12.7. The molecular weight excluding hydrogens is 364 g/mol. The van der Waals surface area contributed by atoms with Crippen LogP contribution in [-0.4, -0.2) is 68.4 Å². The molecule has 6 nitrogen and oxygen atoms in total. The molecule has 154 valence electrons. The fraction of sp³-hybridized carbons (Fsp3) is 0.391. The molecule has 3 rings (SSSR count). The summed E-state index contributed by atoms with van der Waals surface area (Å²) in [5, 5.41) is 3.02. The van der Waals surface area contributed by atoms with Crippen molar-refractivity contribution in [3.63, 3.8) is 0 Å². The second-order valence-electron chi connectivity index (χ2n) is 7.57. The average Bonchev–Trinajstić information content (AvgIpc) is 2.74. The molecule has 1 saturated heterocycles. The van der Waals surface area contributed by atoms with Crippen LogP contribution in [0.2, 0.25) is 0 Å². The van der Waals surface area contributed by atoms with Crippen molar-refractivity contribution in [1.82, 2.24) is 9.80 Å². The molecule has 0 spiro atoms. The summed E-state index contributed by atoms with van der Waals surface area (Å²) >= 11 is 0. The van der Waals surface area contributed by atoms with Gasteiger partial charge in [0.25, 0.3) is 5.91 Å². The molecule has 1 aliphatic rings. The van der Waals surface area contributed by atoms with Gasteiger partial charge in [-0.15, -0.1) is 0 Å². The Morgan fingerprint density at radius 3 is 2.24 bits per heavy atom. The number of aryl methyl sites for hydroxylation is 1. The number of nitrogens with one attached hydrogen (secondary N) is 1. The lowest BCUT2D eigenvalue weighted by Gasteiger charge is -2.34. The molecule has 1 aliphatic heterocycles. The lowest BCUT2D eigenvalue weighted by molar-refractivity contribution is -0.117. The van der Waals surface area contributed by atoms with Crippen molar-refractivity contribution in [2.75, 3.05) is 57.0 Å². The van der Waals surface area contributed by atoms with Gasteiger partial charge in [-0.25, -0.2) is 0 Å². The van der Waals surface area contributed by atoms with E-state index in [4.69, 9.17) is 0 Å². The number of nitrogens with zero attached hydrogens (tertiary/aromatic N) is 3. The van der Waals surface area contributed by atoms with Crippen LogP contribution < -0.4 is 10.2 Å². The molecule has 0 aromatic heterocycles. The van der Waals surface area contributed by atoms with Gasteiger partial charge in [0.1, 0.15) is 0 Å². The summed E-state index contributed by atoms with van der Waals surface area (Å²) in [7, 11) is 3.96. The van der Waals surface area contributed by atoms with Crippen LogP contribution in [0.1, 0.15) is 22.8 Å². The maximum absolute atomic E-state index is 12.7. The molecule has 0 bridgehead atoms. The van der Waals surface area contributed by atoms with E-state index in [0.29, 0.717) is 38.3 Å². The molecule has 1 fully saturated rings. The van der Waals surface area contributed by atoms with E-state index in [1.165, 1.54) is 0 Å². The van der Waals surface area contributed by atoms with Crippen LogP contribution in [0.15, 0.2) is 48.5 Å². The molecule has 0 aliphatic carbocycles. The number of amides is 2. The zero-order chi connectivity index (χ0) is 20.8. The Kier molecular flexibility index (Phi) is 6.88. The summed E-state index contributed by atoms with van der Waals surface area (Å²) in [5.41, 5.74) is 3.80. The van der Waals surface area contributed by atoms with Gasteiger partial charge in [-0.2, -0.15) is 0 Å². The topological polar surface area (TPSA) is 55.9 Å². The minimum Gasteiger partial charge on any atom is -0.378 e. The van der Waals surface area contributed by atoms with Gasteiger partial charge in [-0.1, -0.05) is 25.1 Å². The highest BCUT2D eigenvalue weighted by Gasteiger charge is 2.23. The fourth-order valence-corrected chi connectivity index (χ4v) is 3.54. The summed E-state index contributed by atoms with van der Waals surface area (Å²) in [6.07, 6.45) is 0.882. The first-order valence-corrected chi connectivity index (χ1v) is 10.1. The first-order chi connectivity index (χ1) is 14.0. The molecular formula is C23H30N4O2. The third kappa shape index (κ3) is 5.35. The average molecular weight is 395 g/mol. The Morgan fingerprint density at radius 2 is 1.62 bits per heavy atom. The van der Waals surface area contributed by atoms with Crippen molar-refractivity contribution in [2.24, 2.45) is 0 Å². The largest absolute Gasteiger partial charge is 0.378 e. The number of piperazine rings is 1. The fourth-order valence-electron chi connectivity index (χ4n) is 3.54. The van der Waals surface area contributed by atoms with Crippen molar-refractivity contribution >= 4 is 23.2 Å². The van der Waals surface area contributed by atoms with Gasteiger partial charge in [-0.05, 0) is 42.3 Å². The van der Waals surface area contributed by atoms with Gasteiger partial charge in [-0.3, -0.25) is 14.5 Å². The van der Waals surface area contributed by atoms with Gasteiger partial charge in [0.15, 0.2) is 0 Å². The molecule has 29 heavy (non-hydrogen) atoms. The van der Waals surface area contributed by atoms with Crippen LogP contribution in [-0.2, 0) is 11.2 Å².